The largest absolute Gasteiger partial charge is 0.352 e. The monoisotopic (exact) mass is 282 g/mol. The number of carbonyl (C=O) groups is 1. The van der Waals surface area contributed by atoms with E-state index in [1.165, 1.54) is 17.8 Å². The molecule has 0 saturated heterocycles. The number of carbonyl (C=O) groups excluding carboxylic acids is 1. The van der Waals surface area contributed by atoms with Crippen molar-refractivity contribution in [3.05, 3.63) is 33.9 Å². The summed E-state index contributed by atoms with van der Waals surface area (Å²) in [7, 11) is 0. The first kappa shape index (κ1) is 15.5. The molecule has 1 amide bonds. The number of hydrogen-bond donors (Lipinski definition) is 1. The molecule has 0 fully saturated rings. The van der Waals surface area contributed by atoms with Gasteiger partial charge < -0.3 is 5.32 Å². The van der Waals surface area contributed by atoms with Gasteiger partial charge in [0.2, 0.25) is 0 Å². The molecule has 1 aromatic carbocycles. The first-order valence-electron chi connectivity index (χ1n) is 6.20. The molecular weight excluding hydrogens is 264 g/mol. The van der Waals surface area contributed by atoms with Gasteiger partial charge in [0.1, 0.15) is 5.56 Å². The molecule has 0 aliphatic carbocycles. The molecule has 0 aliphatic rings. The molecule has 1 rings (SSSR count). The maximum Gasteiger partial charge on any atom is 0.282 e. The van der Waals surface area contributed by atoms with Crippen LogP contribution in [0.25, 0.3) is 0 Å². The number of nitrogens with zero attached hydrogens (tertiary/aromatic N) is 1. The van der Waals surface area contributed by atoms with E-state index in [2.05, 4.69) is 12.2 Å². The van der Waals surface area contributed by atoms with E-state index in [4.69, 9.17) is 0 Å². The van der Waals surface area contributed by atoms with Crippen LogP contribution in [0.3, 0.4) is 0 Å². The molecule has 0 spiro atoms. The molecule has 6 heteroatoms. The molecule has 0 bridgehead atoms. The smallest absolute Gasteiger partial charge is 0.282 e. The average molecular weight is 282 g/mol. The minimum absolute atomic E-state index is 0.133. The average Bonchev–Trinajstić information content (AvgIpc) is 2.42. The van der Waals surface area contributed by atoms with Crippen molar-refractivity contribution in [3.8, 4) is 0 Å². The highest BCUT2D eigenvalue weighted by Gasteiger charge is 2.20. The van der Waals surface area contributed by atoms with Crippen molar-refractivity contribution >= 4 is 23.4 Å². The first-order valence-corrected chi connectivity index (χ1v) is 7.43. The van der Waals surface area contributed by atoms with E-state index in [-0.39, 0.29) is 17.2 Å². The summed E-state index contributed by atoms with van der Waals surface area (Å²) in [5.74, 6) is -0.376. The van der Waals surface area contributed by atoms with E-state index in [0.29, 0.717) is 6.54 Å². The zero-order valence-corrected chi connectivity index (χ0v) is 12.0. The number of nitro groups is 1. The Balaban J connectivity index is 2.83. The molecule has 0 aliphatic heterocycles. The third-order valence-corrected chi connectivity index (χ3v) is 3.44. The van der Waals surface area contributed by atoms with Gasteiger partial charge in [0.15, 0.2) is 0 Å². The summed E-state index contributed by atoms with van der Waals surface area (Å²) in [4.78, 5) is 23.2. The standard InChI is InChI=1S/C13H18N2O3S/c1-3-4-5-8-14-13(16)11-9-10(19-2)6-7-12(11)15(17)18/h6-7,9H,3-5,8H2,1-2H3,(H,14,16). The lowest BCUT2D eigenvalue weighted by molar-refractivity contribution is -0.385. The van der Waals surface area contributed by atoms with Crippen molar-refractivity contribution in [2.45, 2.75) is 31.1 Å². The summed E-state index contributed by atoms with van der Waals surface area (Å²) in [6.45, 7) is 2.63. The van der Waals surface area contributed by atoms with Gasteiger partial charge in [-0.15, -0.1) is 11.8 Å². The van der Waals surface area contributed by atoms with Crippen LogP contribution in [-0.2, 0) is 0 Å². The van der Waals surface area contributed by atoms with Crippen LogP contribution in [0.5, 0.6) is 0 Å². The Kier molecular flexibility index (Phi) is 6.35. The van der Waals surface area contributed by atoms with Gasteiger partial charge in [0.25, 0.3) is 11.6 Å². The number of nitro benzene ring substituents is 1. The van der Waals surface area contributed by atoms with Gasteiger partial charge in [-0.05, 0) is 24.8 Å². The van der Waals surface area contributed by atoms with Gasteiger partial charge in [-0.1, -0.05) is 19.8 Å². The molecule has 5 nitrogen and oxygen atoms in total. The predicted molar refractivity (Wildman–Crippen MR) is 76.7 cm³/mol. The Morgan fingerprint density at radius 2 is 2.16 bits per heavy atom. The first-order chi connectivity index (χ1) is 9.10. The fourth-order valence-corrected chi connectivity index (χ4v) is 2.10. The number of hydrogen-bond acceptors (Lipinski definition) is 4. The lowest BCUT2D eigenvalue weighted by Crippen LogP contribution is -2.25. The van der Waals surface area contributed by atoms with Crippen LogP contribution < -0.4 is 5.32 Å². The highest BCUT2D eigenvalue weighted by molar-refractivity contribution is 7.98. The third-order valence-electron chi connectivity index (χ3n) is 2.71. The SMILES string of the molecule is CCCCCNC(=O)c1cc(SC)ccc1[N+](=O)[O-]. The second kappa shape index (κ2) is 7.78. The van der Waals surface area contributed by atoms with Crippen molar-refractivity contribution in [2.75, 3.05) is 12.8 Å². The molecule has 0 atom stereocenters. The maximum atomic E-state index is 12.0. The van der Waals surface area contributed by atoms with Gasteiger partial charge >= 0.3 is 0 Å². The fourth-order valence-electron chi connectivity index (χ4n) is 1.66. The van der Waals surface area contributed by atoms with Gasteiger partial charge in [-0.25, -0.2) is 0 Å². The molecule has 0 aromatic heterocycles. The third kappa shape index (κ3) is 4.55. The van der Waals surface area contributed by atoms with E-state index < -0.39 is 4.92 Å². The van der Waals surface area contributed by atoms with Gasteiger partial charge in [0, 0.05) is 17.5 Å². The summed E-state index contributed by atoms with van der Waals surface area (Å²) in [5, 5.41) is 13.6. The molecule has 0 unspecified atom stereocenters. The minimum atomic E-state index is -0.523. The van der Waals surface area contributed by atoms with Crippen LogP contribution in [0.15, 0.2) is 23.1 Å². The van der Waals surface area contributed by atoms with Crippen LogP contribution in [0.4, 0.5) is 5.69 Å². The van der Waals surface area contributed by atoms with E-state index in [9.17, 15) is 14.9 Å². The van der Waals surface area contributed by atoms with Crippen molar-refractivity contribution in [1.82, 2.24) is 5.32 Å². The van der Waals surface area contributed by atoms with Crippen molar-refractivity contribution in [1.29, 1.82) is 0 Å². The summed E-state index contributed by atoms with van der Waals surface area (Å²) in [6, 6.07) is 4.60. The zero-order valence-electron chi connectivity index (χ0n) is 11.1. The summed E-state index contributed by atoms with van der Waals surface area (Å²) in [6.07, 6.45) is 4.85. The Morgan fingerprint density at radius 3 is 2.74 bits per heavy atom. The number of amides is 1. The summed E-state index contributed by atoms with van der Waals surface area (Å²) in [5.41, 5.74) is -0.0147. The second-order valence-corrected chi connectivity index (χ2v) is 4.98. The summed E-state index contributed by atoms with van der Waals surface area (Å²) < 4.78 is 0. The molecule has 0 saturated carbocycles. The molecule has 0 radical (unpaired) electrons. The Morgan fingerprint density at radius 1 is 1.42 bits per heavy atom. The number of nitrogens with one attached hydrogen (secondary N) is 1. The van der Waals surface area contributed by atoms with Crippen LogP contribution >= 0.6 is 11.8 Å². The van der Waals surface area contributed by atoms with Crippen molar-refractivity contribution < 1.29 is 9.72 Å². The van der Waals surface area contributed by atoms with Crippen molar-refractivity contribution in [2.24, 2.45) is 0 Å². The van der Waals surface area contributed by atoms with E-state index in [0.717, 1.165) is 24.2 Å². The number of unbranched alkanes of at least 4 members (excludes halogenated alkanes) is 2. The molecule has 19 heavy (non-hydrogen) atoms. The van der Waals surface area contributed by atoms with E-state index in [1.54, 1.807) is 12.1 Å². The lowest BCUT2D eigenvalue weighted by atomic mass is 10.1. The van der Waals surface area contributed by atoms with Crippen LogP contribution in [0.1, 0.15) is 36.5 Å². The molecule has 0 heterocycles. The van der Waals surface area contributed by atoms with E-state index in [1.807, 2.05) is 6.26 Å². The van der Waals surface area contributed by atoms with Crippen LogP contribution in [-0.4, -0.2) is 23.6 Å². The van der Waals surface area contributed by atoms with Crippen LogP contribution in [0.2, 0.25) is 0 Å². The number of thioether (sulfide) groups is 1. The highest BCUT2D eigenvalue weighted by atomic mass is 32.2. The van der Waals surface area contributed by atoms with Crippen LogP contribution in [0, 0.1) is 10.1 Å². The fraction of sp³-hybridized carbons (Fsp3) is 0.462. The normalized spacial score (nSPS) is 10.2. The molecular formula is C13H18N2O3S. The minimum Gasteiger partial charge on any atom is -0.352 e. The van der Waals surface area contributed by atoms with Gasteiger partial charge in [-0.2, -0.15) is 0 Å². The Hall–Kier alpha value is -1.56. The van der Waals surface area contributed by atoms with E-state index >= 15 is 0 Å². The lowest BCUT2D eigenvalue weighted by Gasteiger charge is -2.06. The number of benzene rings is 1. The predicted octanol–water partition coefficient (Wildman–Crippen LogP) is 3.24. The van der Waals surface area contributed by atoms with Crippen molar-refractivity contribution in [3.63, 3.8) is 0 Å². The molecule has 1 N–H and O–H groups in total. The zero-order chi connectivity index (χ0) is 14.3. The molecule has 104 valence electrons. The number of rotatable bonds is 7. The highest BCUT2D eigenvalue weighted by Crippen LogP contribution is 2.24. The Bertz CT molecular complexity index is 463. The summed E-state index contributed by atoms with van der Waals surface area (Å²) >= 11 is 1.45. The molecule has 1 aromatic rings. The topological polar surface area (TPSA) is 72.2 Å². The second-order valence-electron chi connectivity index (χ2n) is 4.10. The quantitative estimate of drug-likeness (QED) is 0.360. The van der Waals surface area contributed by atoms with Gasteiger partial charge in [-0.3, -0.25) is 14.9 Å². The maximum absolute atomic E-state index is 12.0. The Labute approximate surface area is 116 Å². The van der Waals surface area contributed by atoms with Gasteiger partial charge in [0.05, 0.1) is 4.92 Å².